The average Bonchev–Trinajstić information content (AvgIpc) is 2.46. The molecule has 0 fully saturated rings. The van der Waals surface area contributed by atoms with Gasteiger partial charge in [-0.1, -0.05) is 12.1 Å². The molecule has 0 saturated heterocycles. The third-order valence-electron chi connectivity index (χ3n) is 2.85. The van der Waals surface area contributed by atoms with Crippen molar-refractivity contribution in [2.24, 2.45) is 0 Å². The first-order chi connectivity index (χ1) is 9.91. The average molecular weight is 291 g/mol. The van der Waals surface area contributed by atoms with Gasteiger partial charge in [0.1, 0.15) is 23.4 Å². The van der Waals surface area contributed by atoms with Crippen LogP contribution < -0.4 is 4.90 Å². The summed E-state index contributed by atoms with van der Waals surface area (Å²) < 4.78 is 13.7. The van der Waals surface area contributed by atoms with Gasteiger partial charge < -0.3 is 10.0 Å². The van der Waals surface area contributed by atoms with Gasteiger partial charge in [-0.2, -0.15) is 0 Å². The largest absolute Gasteiger partial charge is 0.477 e. The Hall–Kier alpha value is -3.03. The lowest BCUT2D eigenvalue weighted by Crippen LogP contribution is -2.14. The molecule has 1 heterocycles. The summed E-state index contributed by atoms with van der Waals surface area (Å²) >= 11 is 0. The van der Waals surface area contributed by atoms with Crippen molar-refractivity contribution in [2.45, 2.75) is 0 Å². The second-order valence-electron chi connectivity index (χ2n) is 4.13. The summed E-state index contributed by atoms with van der Waals surface area (Å²) in [5, 5.41) is 19.8. The van der Waals surface area contributed by atoms with Crippen LogP contribution in [0.4, 0.5) is 21.6 Å². The Bertz CT molecular complexity index is 720. The van der Waals surface area contributed by atoms with Crippen LogP contribution in [0.15, 0.2) is 36.5 Å². The minimum atomic E-state index is -1.45. The maximum Gasteiger partial charge on any atom is 0.342 e. The number of benzene rings is 1. The van der Waals surface area contributed by atoms with E-state index in [0.29, 0.717) is 0 Å². The summed E-state index contributed by atoms with van der Waals surface area (Å²) in [6.45, 7) is 0. The molecule has 0 radical (unpaired) electrons. The Morgan fingerprint density at radius 1 is 1.43 bits per heavy atom. The molecule has 1 aromatic carbocycles. The Labute approximate surface area is 118 Å². The van der Waals surface area contributed by atoms with Crippen LogP contribution in [0.1, 0.15) is 10.4 Å². The highest BCUT2D eigenvalue weighted by Gasteiger charge is 2.22. The molecule has 108 valence electrons. The number of nitrogens with zero attached hydrogens (tertiary/aromatic N) is 3. The van der Waals surface area contributed by atoms with E-state index in [2.05, 4.69) is 4.98 Å². The summed E-state index contributed by atoms with van der Waals surface area (Å²) in [4.78, 5) is 26.1. The van der Waals surface area contributed by atoms with E-state index in [1.165, 1.54) is 30.1 Å². The van der Waals surface area contributed by atoms with Crippen molar-refractivity contribution in [1.82, 2.24) is 4.98 Å². The van der Waals surface area contributed by atoms with Crippen LogP contribution in [0.5, 0.6) is 0 Å². The molecule has 2 rings (SSSR count). The number of carboxylic acids is 1. The molecule has 0 aliphatic rings. The highest BCUT2D eigenvalue weighted by Crippen LogP contribution is 2.27. The molecule has 0 spiro atoms. The lowest BCUT2D eigenvalue weighted by Gasteiger charge is -2.19. The number of pyridine rings is 1. The van der Waals surface area contributed by atoms with Gasteiger partial charge in [0.05, 0.1) is 10.6 Å². The van der Waals surface area contributed by atoms with Crippen LogP contribution in [0.25, 0.3) is 0 Å². The van der Waals surface area contributed by atoms with Crippen molar-refractivity contribution in [3.8, 4) is 0 Å². The highest BCUT2D eigenvalue weighted by molar-refractivity contribution is 5.93. The molecule has 0 amide bonds. The zero-order valence-electron chi connectivity index (χ0n) is 10.9. The van der Waals surface area contributed by atoms with E-state index in [0.717, 1.165) is 12.3 Å². The fraction of sp³-hybridized carbons (Fsp3) is 0.0769. The third-order valence-corrected chi connectivity index (χ3v) is 2.85. The van der Waals surface area contributed by atoms with Gasteiger partial charge in [0, 0.05) is 13.1 Å². The first-order valence-electron chi connectivity index (χ1n) is 5.78. The Morgan fingerprint density at radius 3 is 2.67 bits per heavy atom. The predicted octanol–water partition coefficient (Wildman–Crippen LogP) is 2.60. The minimum absolute atomic E-state index is 0.0862. The zero-order valence-corrected chi connectivity index (χ0v) is 10.9. The second-order valence-corrected chi connectivity index (χ2v) is 4.13. The molecule has 0 atom stereocenters. The summed E-state index contributed by atoms with van der Waals surface area (Å²) in [5.41, 5.74) is -0.948. The van der Waals surface area contributed by atoms with Crippen molar-refractivity contribution >= 4 is 23.2 Å². The maximum absolute atomic E-state index is 13.7. The molecular weight excluding hydrogens is 281 g/mol. The molecule has 0 bridgehead atoms. The summed E-state index contributed by atoms with van der Waals surface area (Å²) in [6.07, 6.45) is 0.843. The molecular formula is C13H10FN3O4. The second kappa shape index (κ2) is 5.53. The van der Waals surface area contributed by atoms with E-state index in [-0.39, 0.29) is 11.5 Å². The van der Waals surface area contributed by atoms with Gasteiger partial charge in [0.15, 0.2) is 0 Å². The number of rotatable bonds is 4. The van der Waals surface area contributed by atoms with Crippen LogP contribution in [-0.2, 0) is 0 Å². The van der Waals surface area contributed by atoms with Crippen LogP contribution >= 0.6 is 0 Å². The molecule has 1 N–H and O–H groups in total. The Kier molecular flexibility index (Phi) is 3.79. The molecule has 7 nitrogen and oxygen atoms in total. The van der Waals surface area contributed by atoms with Crippen LogP contribution in [0.2, 0.25) is 0 Å². The van der Waals surface area contributed by atoms with Crippen molar-refractivity contribution in [3.63, 3.8) is 0 Å². The lowest BCUT2D eigenvalue weighted by molar-refractivity contribution is -0.385. The van der Waals surface area contributed by atoms with Gasteiger partial charge >= 0.3 is 11.7 Å². The van der Waals surface area contributed by atoms with E-state index < -0.39 is 28.0 Å². The third kappa shape index (κ3) is 2.78. The topological polar surface area (TPSA) is 96.6 Å². The Balaban J connectivity index is 2.50. The van der Waals surface area contributed by atoms with Crippen LogP contribution in [-0.4, -0.2) is 28.0 Å². The number of hydrogen-bond donors (Lipinski definition) is 1. The number of carbonyl (C=O) groups is 1. The van der Waals surface area contributed by atoms with Crippen molar-refractivity contribution in [2.75, 3.05) is 11.9 Å². The molecule has 0 aliphatic heterocycles. The van der Waals surface area contributed by atoms with Crippen molar-refractivity contribution in [3.05, 3.63) is 58.0 Å². The number of nitro groups is 1. The predicted molar refractivity (Wildman–Crippen MR) is 72.3 cm³/mol. The number of anilines is 2. The number of halogens is 1. The van der Waals surface area contributed by atoms with E-state index in [4.69, 9.17) is 5.11 Å². The van der Waals surface area contributed by atoms with Gasteiger partial charge in [-0.05, 0) is 12.1 Å². The van der Waals surface area contributed by atoms with Gasteiger partial charge in [-0.25, -0.2) is 14.2 Å². The normalized spacial score (nSPS) is 10.2. The molecule has 0 saturated carbocycles. The van der Waals surface area contributed by atoms with E-state index in [9.17, 15) is 19.3 Å². The summed E-state index contributed by atoms with van der Waals surface area (Å²) in [6, 6.07) is 6.89. The fourth-order valence-electron chi connectivity index (χ4n) is 1.78. The van der Waals surface area contributed by atoms with Crippen molar-refractivity contribution in [1.29, 1.82) is 0 Å². The number of carboxylic acid groups (broad SMARTS) is 1. The summed E-state index contributed by atoms with van der Waals surface area (Å²) in [7, 11) is 1.48. The maximum atomic E-state index is 13.7. The smallest absolute Gasteiger partial charge is 0.342 e. The number of aromatic carboxylic acids is 1. The molecule has 0 aliphatic carbocycles. The molecule has 2 aromatic rings. The molecule has 1 aromatic heterocycles. The van der Waals surface area contributed by atoms with Gasteiger partial charge in [0.2, 0.25) is 0 Å². The Morgan fingerprint density at radius 2 is 2.10 bits per heavy atom. The van der Waals surface area contributed by atoms with Crippen molar-refractivity contribution < 1.29 is 19.2 Å². The molecule has 0 unspecified atom stereocenters. The number of hydrogen-bond acceptors (Lipinski definition) is 5. The highest BCUT2D eigenvalue weighted by atomic mass is 19.1. The van der Waals surface area contributed by atoms with Gasteiger partial charge in [-0.3, -0.25) is 10.1 Å². The standard InChI is InChI=1S/C13H10FN3O4/c1-16(10-5-3-2-4-9(10)14)12-6-8(13(18)19)11(7-15-12)17(20)21/h2-7H,1H3,(H,18,19). The van der Waals surface area contributed by atoms with Gasteiger partial charge in [-0.15, -0.1) is 0 Å². The fourth-order valence-corrected chi connectivity index (χ4v) is 1.78. The summed E-state index contributed by atoms with van der Waals surface area (Å²) in [5.74, 6) is -1.88. The number of aromatic nitrogens is 1. The van der Waals surface area contributed by atoms with Crippen LogP contribution in [0.3, 0.4) is 0 Å². The van der Waals surface area contributed by atoms with Gasteiger partial charge in [0.25, 0.3) is 0 Å². The SMILES string of the molecule is CN(c1cc(C(=O)O)c([N+](=O)[O-])cn1)c1ccccc1F. The molecule has 21 heavy (non-hydrogen) atoms. The lowest BCUT2D eigenvalue weighted by atomic mass is 10.2. The van der Waals surface area contributed by atoms with E-state index in [1.54, 1.807) is 6.07 Å². The minimum Gasteiger partial charge on any atom is -0.477 e. The first-order valence-corrected chi connectivity index (χ1v) is 5.78. The monoisotopic (exact) mass is 291 g/mol. The zero-order chi connectivity index (χ0) is 15.6. The number of para-hydroxylation sites is 1. The quantitative estimate of drug-likeness (QED) is 0.687. The van der Waals surface area contributed by atoms with E-state index >= 15 is 0 Å². The van der Waals surface area contributed by atoms with Crippen LogP contribution in [0, 0.1) is 15.9 Å². The first kappa shape index (κ1) is 14.4. The van der Waals surface area contributed by atoms with E-state index in [1.807, 2.05) is 0 Å². The molecule has 8 heteroatoms.